The van der Waals surface area contributed by atoms with Gasteiger partial charge in [0.05, 0.1) is 11.6 Å². The largest absolute Gasteiger partial charge is 0.444 e. The topological polar surface area (TPSA) is 82.6 Å². The van der Waals surface area contributed by atoms with E-state index in [9.17, 15) is 4.79 Å². The van der Waals surface area contributed by atoms with Gasteiger partial charge < -0.3 is 15.4 Å². The van der Waals surface area contributed by atoms with E-state index in [4.69, 9.17) is 4.74 Å². The number of rotatable bonds is 6. The van der Waals surface area contributed by atoms with E-state index in [-0.39, 0.29) is 18.7 Å². The summed E-state index contributed by atoms with van der Waals surface area (Å²) in [6.45, 7) is 10.5. The van der Waals surface area contributed by atoms with Gasteiger partial charge in [0.25, 0.3) is 0 Å². The molecular weight excluding hydrogens is 380 g/mol. The summed E-state index contributed by atoms with van der Waals surface area (Å²) in [4.78, 5) is 25.0. The monoisotopic (exact) mass is 408 g/mol. The minimum atomic E-state index is -0.361. The SMILES string of the molecule is CCN1C(=O)OCc2cnc(N[C@@H](C)c3ccc(CN4CC5(CNC5)C4)cc3)nc21. The van der Waals surface area contributed by atoms with Crippen molar-refractivity contribution in [1.29, 1.82) is 0 Å². The number of carbonyl (C=O) groups is 1. The van der Waals surface area contributed by atoms with Crippen LogP contribution in [0.1, 0.15) is 36.6 Å². The van der Waals surface area contributed by atoms with Gasteiger partial charge in [-0.25, -0.2) is 9.78 Å². The Balaban J connectivity index is 1.22. The highest BCUT2D eigenvalue weighted by molar-refractivity contribution is 5.89. The Bertz CT molecular complexity index is 935. The van der Waals surface area contributed by atoms with Crippen LogP contribution in [0, 0.1) is 5.41 Å². The van der Waals surface area contributed by atoms with Crippen molar-refractivity contribution in [3.8, 4) is 0 Å². The van der Waals surface area contributed by atoms with Gasteiger partial charge in [0.2, 0.25) is 5.95 Å². The van der Waals surface area contributed by atoms with Gasteiger partial charge in [0.1, 0.15) is 12.4 Å². The Labute approximate surface area is 176 Å². The number of ether oxygens (including phenoxy) is 1. The molecule has 2 fully saturated rings. The quantitative estimate of drug-likeness (QED) is 0.760. The third-order valence-corrected chi connectivity index (χ3v) is 6.33. The number of nitrogens with one attached hydrogen (secondary N) is 2. The van der Waals surface area contributed by atoms with Gasteiger partial charge in [-0.2, -0.15) is 4.98 Å². The molecule has 0 saturated carbocycles. The Kier molecular flexibility index (Phi) is 4.83. The number of cyclic esters (lactones) is 1. The maximum absolute atomic E-state index is 11.9. The summed E-state index contributed by atoms with van der Waals surface area (Å²) in [6, 6.07) is 8.81. The number of likely N-dealkylation sites (tertiary alicyclic amines) is 1. The van der Waals surface area contributed by atoms with Gasteiger partial charge in [0.15, 0.2) is 0 Å². The average molecular weight is 409 g/mol. The zero-order chi connectivity index (χ0) is 20.7. The molecule has 1 amide bonds. The third-order valence-electron chi connectivity index (χ3n) is 6.33. The molecule has 2 N–H and O–H groups in total. The Hall–Kier alpha value is -2.71. The van der Waals surface area contributed by atoms with Crippen LogP contribution in [0.25, 0.3) is 0 Å². The fourth-order valence-corrected chi connectivity index (χ4v) is 4.55. The van der Waals surface area contributed by atoms with Gasteiger partial charge in [0, 0.05) is 50.9 Å². The lowest BCUT2D eigenvalue weighted by atomic mass is 9.74. The molecule has 1 spiro atoms. The summed E-state index contributed by atoms with van der Waals surface area (Å²) in [6.07, 6.45) is 1.37. The van der Waals surface area contributed by atoms with Gasteiger partial charge in [-0.05, 0) is 25.0 Å². The predicted molar refractivity (Wildman–Crippen MR) is 114 cm³/mol. The molecule has 3 aliphatic heterocycles. The molecular formula is C22H28N6O2. The van der Waals surface area contributed by atoms with E-state index in [1.165, 1.54) is 42.2 Å². The molecule has 8 heteroatoms. The molecule has 2 aromatic rings. The highest BCUT2D eigenvalue weighted by atomic mass is 16.6. The fraction of sp³-hybridized carbons (Fsp3) is 0.500. The number of hydrogen-bond acceptors (Lipinski definition) is 7. The van der Waals surface area contributed by atoms with E-state index in [0.717, 1.165) is 12.1 Å². The number of fused-ring (bicyclic) bond motifs is 1. The van der Waals surface area contributed by atoms with E-state index in [0.29, 0.717) is 23.7 Å². The number of anilines is 2. The number of aromatic nitrogens is 2. The zero-order valence-corrected chi connectivity index (χ0v) is 17.5. The molecule has 0 unspecified atom stereocenters. The summed E-state index contributed by atoms with van der Waals surface area (Å²) in [5.41, 5.74) is 3.91. The molecule has 0 radical (unpaired) electrons. The highest BCUT2D eigenvalue weighted by Crippen LogP contribution is 2.35. The van der Waals surface area contributed by atoms with Crippen LogP contribution in [0.3, 0.4) is 0 Å². The number of nitrogens with zero attached hydrogens (tertiary/aromatic N) is 4. The normalized spacial score (nSPS) is 20.7. The van der Waals surface area contributed by atoms with Gasteiger partial charge in [-0.1, -0.05) is 24.3 Å². The van der Waals surface area contributed by atoms with Crippen molar-refractivity contribution >= 4 is 17.9 Å². The molecule has 0 aliphatic carbocycles. The summed E-state index contributed by atoms with van der Waals surface area (Å²) in [7, 11) is 0. The summed E-state index contributed by atoms with van der Waals surface area (Å²) in [5.74, 6) is 1.14. The number of benzene rings is 1. The minimum absolute atomic E-state index is 0.0519. The third kappa shape index (κ3) is 3.50. The number of hydrogen-bond donors (Lipinski definition) is 2. The molecule has 2 saturated heterocycles. The molecule has 30 heavy (non-hydrogen) atoms. The smallest absolute Gasteiger partial charge is 0.415 e. The first kappa shape index (κ1) is 19.3. The minimum Gasteiger partial charge on any atom is -0.444 e. The van der Waals surface area contributed by atoms with Crippen molar-refractivity contribution in [2.75, 3.05) is 42.9 Å². The molecule has 5 rings (SSSR count). The lowest BCUT2D eigenvalue weighted by Gasteiger charge is -2.56. The number of carbonyl (C=O) groups excluding carboxylic acids is 1. The van der Waals surface area contributed by atoms with Crippen LogP contribution in [-0.4, -0.2) is 53.7 Å². The van der Waals surface area contributed by atoms with Crippen LogP contribution < -0.4 is 15.5 Å². The number of amides is 1. The van der Waals surface area contributed by atoms with Gasteiger partial charge in [-0.15, -0.1) is 0 Å². The zero-order valence-electron chi connectivity index (χ0n) is 17.5. The molecule has 8 nitrogen and oxygen atoms in total. The molecule has 1 aromatic heterocycles. The first-order valence-corrected chi connectivity index (χ1v) is 10.6. The van der Waals surface area contributed by atoms with Crippen LogP contribution >= 0.6 is 0 Å². The Morgan fingerprint density at radius 2 is 2.03 bits per heavy atom. The standard InChI is InChI=1S/C22H28N6O2/c1-3-28-19-18(10-30-21(28)29)8-24-20(26-19)25-15(2)17-6-4-16(5-7-17)9-27-13-22(14-27)11-23-12-22/h4-8,15,23H,3,9-14H2,1-2H3,(H,24,25,26)/t15-/m0/s1. The molecule has 158 valence electrons. The van der Waals surface area contributed by atoms with Crippen molar-refractivity contribution < 1.29 is 9.53 Å². The lowest BCUT2D eigenvalue weighted by molar-refractivity contribution is -0.0444. The van der Waals surface area contributed by atoms with E-state index < -0.39 is 0 Å². The van der Waals surface area contributed by atoms with E-state index >= 15 is 0 Å². The second-order valence-corrected chi connectivity index (χ2v) is 8.70. The molecule has 0 bridgehead atoms. The van der Waals surface area contributed by atoms with Crippen molar-refractivity contribution in [2.24, 2.45) is 5.41 Å². The first-order valence-electron chi connectivity index (χ1n) is 10.6. The second kappa shape index (κ2) is 7.52. The summed E-state index contributed by atoms with van der Waals surface area (Å²) < 4.78 is 5.15. The Morgan fingerprint density at radius 1 is 1.27 bits per heavy atom. The van der Waals surface area contributed by atoms with Crippen LogP contribution in [0.15, 0.2) is 30.5 Å². The van der Waals surface area contributed by atoms with E-state index in [1.807, 2.05) is 6.92 Å². The lowest BCUT2D eigenvalue weighted by Crippen LogP contribution is -2.70. The summed E-state index contributed by atoms with van der Waals surface area (Å²) >= 11 is 0. The van der Waals surface area contributed by atoms with Crippen molar-refractivity contribution in [3.05, 3.63) is 47.2 Å². The van der Waals surface area contributed by atoms with Crippen molar-refractivity contribution in [1.82, 2.24) is 20.2 Å². The fourth-order valence-electron chi connectivity index (χ4n) is 4.55. The molecule has 4 heterocycles. The van der Waals surface area contributed by atoms with Crippen LogP contribution in [0.5, 0.6) is 0 Å². The summed E-state index contributed by atoms with van der Waals surface area (Å²) in [5, 5.41) is 6.74. The molecule has 1 aromatic carbocycles. The highest BCUT2D eigenvalue weighted by Gasteiger charge is 2.47. The van der Waals surface area contributed by atoms with Gasteiger partial charge >= 0.3 is 6.09 Å². The van der Waals surface area contributed by atoms with Crippen LogP contribution in [0.4, 0.5) is 16.6 Å². The van der Waals surface area contributed by atoms with Gasteiger partial charge in [-0.3, -0.25) is 9.80 Å². The molecule has 3 aliphatic rings. The maximum Gasteiger partial charge on any atom is 0.415 e. The molecule has 1 atom stereocenters. The van der Waals surface area contributed by atoms with Crippen LogP contribution in [-0.2, 0) is 17.9 Å². The maximum atomic E-state index is 11.9. The van der Waals surface area contributed by atoms with E-state index in [1.54, 1.807) is 6.20 Å². The average Bonchev–Trinajstić information content (AvgIpc) is 2.69. The second-order valence-electron chi connectivity index (χ2n) is 8.70. The van der Waals surface area contributed by atoms with Crippen molar-refractivity contribution in [3.63, 3.8) is 0 Å². The predicted octanol–water partition coefficient (Wildman–Crippen LogP) is 2.53. The Morgan fingerprint density at radius 3 is 2.70 bits per heavy atom. The van der Waals surface area contributed by atoms with Crippen LogP contribution in [0.2, 0.25) is 0 Å². The van der Waals surface area contributed by atoms with E-state index in [2.05, 4.69) is 56.7 Å². The first-order chi connectivity index (χ1) is 14.5. The van der Waals surface area contributed by atoms with Crippen molar-refractivity contribution in [2.45, 2.75) is 33.0 Å².